The van der Waals surface area contributed by atoms with E-state index in [2.05, 4.69) is 27.5 Å². The molecule has 0 spiro atoms. The van der Waals surface area contributed by atoms with Gasteiger partial charge in [0.15, 0.2) is 0 Å². The van der Waals surface area contributed by atoms with Crippen LogP contribution in [0.5, 0.6) is 0 Å². The third-order valence-electron chi connectivity index (χ3n) is 4.72. The number of pyridine rings is 1. The number of halogens is 1. The van der Waals surface area contributed by atoms with Gasteiger partial charge in [-0.15, -0.1) is 0 Å². The second kappa shape index (κ2) is 7.15. The third-order valence-corrected chi connectivity index (χ3v) is 5.13. The van der Waals surface area contributed by atoms with Crippen LogP contribution in [0.25, 0.3) is 5.65 Å². The van der Waals surface area contributed by atoms with Crippen LogP contribution >= 0.6 is 11.6 Å². The number of nitrogens with zero attached hydrogens (tertiary/aromatic N) is 3. The van der Waals surface area contributed by atoms with Crippen LogP contribution in [0, 0.1) is 6.92 Å². The highest BCUT2D eigenvalue weighted by Gasteiger charge is 2.16. The lowest BCUT2D eigenvalue weighted by Crippen LogP contribution is -2.36. The van der Waals surface area contributed by atoms with Gasteiger partial charge in [0.05, 0.1) is 25.5 Å². The first kappa shape index (κ1) is 17.1. The van der Waals surface area contributed by atoms with Gasteiger partial charge in [-0.2, -0.15) is 0 Å². The molecule has 1 fully saturated rings. The number of rotatable bonds is 4. The molecule has 0 aliphatic carbocycles. The van der Waals surface area contributed by atoms with Crippen LogP contribution in [0.4, 0.5) is 17.2 Å². The van der Waals surface area contributed by atoms with Crippen LogP contribution in [0.1, 0.15) is 11.3 Å². The van der Waals surface area contributed by atoms with Gasteiger partial charge in [0.1, 0.15) is 17.2 Å². The number of aromatic nitrogens is 2. The Bertz CT molecular complexity index is 935. The van der Waals surface area contributed by atoms with Crippen LogP contribution in [-0.2, 0) is 11.3 Å². The summed E-state index contributed by atoms with van der Waals surface area (Å²) in [5.41, 5.74) is 4.34. The van der Waals surface area contributed by atoms with Gasteiger partial charge in [-0.05, 0) is 36.8 Å². The Morgan fingerprint density at radius 3 is 2.81 bits per heavy atom. The quantitative estimate of drug-likeness (QED) is 0.735. The van der Waals surface area contributed by atoms with E-state index in [4.69, 9.17) is 16.3 Å². The molecule has 6 nitrogen and oxygen atoms in total. The van der Waals surface area contributed by atoms with E-state index >= 15 is 0 Å². The molecule has 7 heteroatoms. The SMILES string of the molecule is Cc1c(Cl)cccc1Nc1c(CO)nc2ccc(N3CCOCC3)cn12. The van der Waals surface area contributed by atoms with Crippen LogP contribution in [-0.4, -0.2) is 40.8 Å². The molecule has 0 saturated carbocycles. The van der Waals surface area contributed by atoms with Crippen molar-refractivity contribution in [2.45, 2.75) is 13.5 Å². The van der Waals surface area contributed by atoms with Gasteiger partial charge in [-0.3, -0.25) is 4.40 Å². The van der Waals surface area contributed by atoms with Crippen molar-refractivity contribution in [3.63, 3.8) is 0 Å². The summed E-state index contributed by atoms with van der Waals surface area (Å²) in [7, 11) is 0. The minimum absolute atomic E-state index is 0.142. The van der Waals surface area contributed by atoms with E-state index in [-0.39, 0.29) is 6.61 Å². The molecule has 0 radical (unpaired) electrons. The monoisotopic (exact) mass is 372 g/mol. The molecule has 26 heavy (non-hydrogen) atoms. The van der Waals surface area contributed by atoms with E-state index in [1.165, 1.54) is 0 Å². The second-order valence-electron chi connectivity index (χ2n) is 6.32. The number of morpholine rings is 1. The normalized spacial score (nSPS) is 14.8. The van der Waals surface area contributed by atoms with Gasteiger partial charge in [0, 0.05) is 30.0 Å². The zero-order chi connectivity index (χ0) is 18.1. The fourth-order valence-electron chi connectivity index (χ4n) is 3.20. The van der Waals surface area contributed by atoms with Gasteiger partial charge < -0.3 is 20.1 Å². The van der Waals surface area contributed by atoms with Crippen molar-refractivity contribution in [1.82, 2.24) is 9.38 Å². The Hall–Kier alpha value is -2.28. The number of fused-ring (bicyclic) bond motifs is 1. The Kier molecular flexibility index (Phi) is 4.72. The maximum atomic E-state index is 9.77. The average Bonchev–Trinajstić information content (AvgIpc) is 3.03. The molecule has 2 aromatic heterocycles. The number of hydrogen-bond donors (Lipinski definition) is 2. The molecule has 3 heterocycles. The summed E-state index contributed by atoms with van der Waals surface area (Å²) in [5, 5.41) is 13.9. The highest BCUT2D eigenvalue weighted by atomic mass is 35.5. The smallest absolute Gasteiger partial charge is 0.140 e. The summed E-state index contributed by atoms with van der Waals surface area (Å²) in [5.74, 6) is 0.753. The molecule has 1 saturated heterocycles. The zero-order valence-corrected chi connectivity index (χ0v) is 15.3. The first-order valence-electron chi connectivity index (χ1n) is 8.64. The van der Waals surface area contributed by atoms with E-state index in [9.17, 15) is 5.11 Å². The number of aliphatic hydroxyl groups excluding tert-OH is 1. The number of ether oxygens (including phenoxy) is 1. The summed E-state index contributed by atoms with van der Waals surface area (Å²) < 4.78 is 7.42. The minimum atomic E-state index is -0.142. The number of benzene rings is 1. The predicted molar refractivity (Wildman–Crippen MR) is 104 cm³/mol. The van der Waals surface area contributed by atoms with Crippen molar-refractivity contribution >= 4 is 34.4 Å². The molecule has 136 valence electrons. The molecule has 3 aromatic rings. The molecule has 0 amide bonds. The fourth-order valence-corrected chi connectivity index (χ4v) is 3.38. The van der Waals surface area contributed by atoms with Crippen LogP contribution < -0.4 is 10.2 Å². The van der Waals surface area contributed by atoms with Crippen LogP contribution in [0.3, 0.4) is 0 Å². The summed E-state index contributed by atoms with van der Waals surface area (Å²) in [4.78, 5) is 6.83. The fraction of sp³-hybridized carbons (Fsp3) is 0.316. The van der Waals surface area contributed by atoms with Crippen molar-refractivity contribution in [3.8, 4) is 0 Å². The van der Waals surface area contributed by atoms with Crippen molar-refractivity contribution in [1.29, 1.82) is 0 Å². The van der Waals surface area contributed by atoms with Gasteiger partial charge in [0.25, 0.3) is 0 Å². The lowest BCUT2D eigenvalue weighted by Gasteiger charge is -2.28. The van der Waals surface area contributed by atoms with Gasteiger partial charge >= 0.3 is 0 Å². The van der Waals surface area contributed by atoms with Crippen molar-refractivity contribution in [2.24, 2.45) is 0 Å². The van der Waals surface area contributed by atoms with E-state index in [1.807, 2.05) is 35.6 Å². The average molecular weight is 373 g/mol. The lowest BCUT2D eigenvalue weighted by atomic mass is 10.2. The molecule has 2 N–H and O–H groups in total. The predicted octanol–water partition coefficient (Wildman–Crippen LogP) is 3.37. The molecule has 1 aliphatic heterocycles. The number of nitrogens with one attached hydrogen (secondary N) is 1. The highest BCUT2D eigenvalue weighted by molar-refractivity contribution is 6.31. The number of aliphatic hydroxyl groups is 1. The Morgan fingerprint density at radius 1 is 1.23 bits per heavy atom. The van der Waals surface area contributed by atoms with Gasteiger partial charge in [-0.1, -0.05) is 17.7 Å². The minimum Gasteiger partial charge on any atom is -0.390 e. The van der Waals surface area contributed by atoms with E-state index < -0.39 is 0 Å². The van der Waals surface area contributed by atoms with Crippen molar-refractivity contribution in [2.75, 3.05) is 36.5 Å². The molecule has 1 aromatic carbocycles. The molecular formula is C19H21ClN4O2. The molecule has 4 rings (SSSR count). The molecule has 1 aliphatic rings. The molecular weight excluding hydrogens is 352 g/mol. The zero-order valence-electron chi connectivity index (χ0n) is 14.6. The first-order chi connectivity index (χ1) is 12.7. The Balaban J connectivity index is 1.77. The van der Waals surface area contributed by atoms with Gasteiger partial charge in [-0.25, -0.2) is 4.98 Å². The van der Waals surface area contributed by atoms with Crippen molar-refractivity contribution < 1.29 is 9.84 Å². The van der Waals surface area contributed by atoms with E-state index in [1.54, 1.807) is 0 Å². The molecule has 0 bridgehead atoms. The van der Waals surface area contributed by atoms with Crippen LogP contribution in [0.2, 0.25) is 5.02 Å². The summed E-state index contributed by atoms with van der Waals surface area (Å²) in [6, 6.07) is 9.76. The first-order valence-corrected chi connectivity index (χ1v) is 9.02. The second-order valence-corrected chi connectivity index (χ2v) is 6.72. The summed E-state index contributed by atoms with van der Waals surface area (Å²) >= 11 is 6.24. The lowest BCUT2D eigenvalue weighted by molar-refractivity contribution is 0.122. The van der Waals surface area contributed by atoms with Crippen LogP contribution in [0.15, 0.2) is 36.5 Å². The van der Waals surface area contributed by atoms with E-state index in [0.717, 1.165) is 54.7 Å². The molecule has 0 unspecified atom stereocenters. The largest absolute Gasteiger partial charge is 0.390 e. The Labute approximate surface area is 157 Å². The maximum Gasteiger partial charge on any atom is 0.140 e. The highest BCUT2D eigenvalue weighted by Crippen LogP contribution is 2.30. The summed E-state index contributed by atoms with van der Waals surface area (Å²) in [6.45, 7) is 5.02. The topological polar surface area (TPSA) is 62.0 Å². The Morgan fingerprint density at radius 2 is 2.04 bits per heavy atom. The third kappa shape index (κ3) is 3.11. The van der Waals surface area contributed by atoms with Gasteiger partial charge in [0.2, 0.25) is 0 Å². The maximum absolute atomic E-state index is 9.77. The summed E-state index contributed by atoms with van der Waals surface area (Å²) in [6.07, 6.45) is 2.05. The number of hydrogen-bond acceptors (Lipinski definition) is 5. The standard InChI is InChI=1S/C19H21ClN4O2/c1-13-15(20)3-2-4-16(13)22-19-17(12-25)21-18-6-5-14(11-24(18)19)23-7-9-26-10-8-23/h2-6,11,22,25H,7-10,12H2,1H3. The van der Waals surface area contributed by atoms with E-state index in [0.29, 0.717) is 10.7 Å². The number of anilines is 3. The number of imidazole rings is 1. The van der Waals surface area contributed by atoms with Crippen molar-refractivity contribution in [3.05, 3.63) is 52.8 Å². The molecule has 0 atom stereocenters.